The zero-order valence-electron chi connectivity index (χ0n) is 12.1. The number of hydrogen-bond acceptors (Lipinski definition) is 1. The van der Waals surface area contributed by atoms with Gasteiger partial charge in [-0.15, -0.1) is 6.58 Å². The van der Waals surface area contributed by atoms with E-state index in [4.69, 9.17) is 0 Å². The van der Waals surface area contributed by atoms with Crippen molar-refractivity contribution in [1.82, 2.24) is 4.57 Å². The van der Waals surface area contributed by atoms with E-state index in [2.05, 4.69) is 12.6 Å². The van der Waals surface area contributed by atoms with Crippen molar-refractivity contribution in [3.63, 3.8) is 0 Å². The molecule has 1 aromatic heterocycles. The van der Waals surface area contributed by atoms with Gasteiger partial charge in [-0.25, -0.2) is 0 Å². The molecule has 0 fully saturated rings. The van der Waals surface area contributed by atoms with Gasteiger partial charge < -0.3 is 4.57 Å². The molecule has 0 aliphatic heterocycles. The van der Waals surface area contributed by atoms with E-state index in [9.17, 15) is 4.79 Å². The number of para-hydroxylation sites is 1. The van der Waals surface area contributed by atoms with Crippen LogP contribution in [-0.2, 0) is 6.54 Å². The second-order valence-electron chi connectivity index (χ2n) is 5.30. The molecule has 106 valence electrons. The third-order valence-corrected chi connectivity index (χ3v) is 3.93. The first-order valence-corrected chi connectivity index (χ1v) is 7.44. The molecule has 1 heterocycles. The summed E-state index contributed by atoms with van der Waals surface area (Å²) in [5, 5.41) is 3.00. The lowest BCUT2D eigenvalue weighted by molar-refractivity contribution is 0.617. The van der Waals surface area contributed by atoms with Gasteiger partial charge >= 0.3 is 0 Å². The van der Waals surface area contributed by atoms with Crippen LogP contribution in [0.4, 0.5) is 0 Å². The molecule has 0 radical (unpaired) electrons. The highest BCUT2D eigenvalue weighted by Gasteiger charge is 2.09. The summed E-state index contributed by atoms with van der Waals surface area (Å²) in [6.07, 6.45) is 4.99. The summed E-state index contributed by atoms with van der Waals surface area (Å²) in [7, 11) is 0. The van der Waals surface area contributed by atoms with Crippen LogP contribution in [0.2, 0.25) is 0 Å². The molecule has 0 aliphatic rings. The van der Waals surface area contributed by atoms with Gasteiger partial charge in [0.2, 0.25) is 0 Å². The minimum Gasteiger partial charge on any atom is -0.308 e. The molecule has 0 saturated heterocycles. The molecule has 21 heavy (non-hydrogen) atoms. The Labute approximate surface area is 124 Å². The van der Waals surface area contributed by atoms with Crippen molar-refractivity contribution in [3.8, 4) is 0 Å². The molecule has 3 aromatic rings. The number of nitrogens with zero attached hydrogens (tertiary/aromatic N) is 1. The third-order valence-electron chi connectivity index (χ3n) is 3.93. The van der Waals surface area contributed by atoms with E-state index < -0.39 is 0 Å². The van der Waals surface area contributed by atoms with E-state index in [-0.39, 0.29) is 5.56 Å². The van der Waals surface area contributed by atoms with Crippen molar-refractivity contribution in [2.45, 2.75) is 25.8 Å². The van der Waals surface area contributed by atoms with Gasteiger partial charge in [-0.3, -0.25) is 4.79 Å². The predicted octanol–water partition coefficient (Wildman–Crippen LogP) is 4.51. The van der Waals surface area contributed by atoms with Crippen molar-refractivity contribution in [2.24, 2.45) is 0 Å². The Kier molecular flexibility index (Phi) is 3.87. The van der Waals surface area contributed by atoms with E-state index in [1.54, 1.807) is 0 Å². The third kappa shape index (κ3) is 2.49. The van der Waals surface area contributed by atoms with Gasteiger partial charge in [-0.05, 0) is 36.8 Å². The second kappa shape index (κ2) is 5.96. The topological polar surface area (TPSA) is 22.0 Å². The quantitative estimate of drug-likeness (QED) is 0.382. The zero-order valence-corrected chi connectivity index (χ0v) is 12.1. The Hall–Kier alpha value is -2.35. The summed E-state index contributed by atoms with van der Waals surface area (Å²) < 4.78 is 1.92. The van der Waals surface area contributed by atoms with Crippen molar-refractivity contribution in [3.05, 3.63) is 71.5 Å². The minimum atomic E-state index is 0.114. The summed E-state index contributed by atoms with van der Waals surface area (Å²) in [5.41, 5.74) is 1.14. The molecule has 0 saturated carbocycles. The fourth-order valence-electron chi connectivity index (χ4n) is 2.88. The van der Waals surface area contributed by atoms with Gasteiger partial charge in [0.25, 0.3) is 5.56 Å². The molecule has 2 heteroatoms. The highest BCUT2D eigenvalue weighted by atomic mass is 16.1. The number of pyridine rings is 1. The first-order valence-electron chi connectivity index (χ1n) is 7.44. The van der Waals surface area contributed by atoms with Crippen molar-refractivity contribution in [1.29, 1.82) is 0 Å². The molecule has 0 aliphatic carbocycles. The zero-order chi connectivity index (χ0) is 14.7. The van der Waals surface area contributed by atoms with Gasteiger partial charge in [0, 0.05) is 17.3 Å². The Balaban J connectivity index is 2.18. The van der Waals surface area contributed by atoms with E-state index in [0.717, 1.165) is 47.5 Å². The summed E-state index contributed by atoms with van der Waals surface area (Å²) in [5.74, 6) is 0. The lowest BCUT2D eigenvalue weighted by atomic mass is 10.1. The van der Waals surface area contributed by atoms with Crippen LogP contribution in [0.15, 0.2) is 66.0 Å². The second-order valence-corrected chi connectivity index (χ2v) is 5.30. The van der Waals surface area contributed by atoms with Gasteiger partial charge in [0.05, 0.1) is 5.52 Å². The summed E-state index contributed by atoms with van der Waals surface area (Å²) in [6.45, 7) is 4.51. The molecule has 0 atom stereocenters. The van der Waals surface area contributed by atoms with E-state index in [1.165, 1.54) is 0 Å². The number of unbranched alkanes of at least 4 members (excludes halogenated alkanes) is 2. The number of aromatic nitrogens is 1. The SMILES string of the molecule is C=CCCCCn1c(=O)c2ccccc2c2ccccc21. The Bertz CT molecular complexity index is 845. The maximum atomic E-state index is 12.7. The van der Waals surface area contributed by atoms with Crippen LogP contribution in [0.25, 0.3) is 21.7 Å². The lowest BCUT2D eigenvalue weighted by Gasteiger charge is -2.12. The highest BCUT2D eigenvalue weighted by Crippen LogP contribution is 2.22. The van der Waals surface area contributed by atoms with Gasteiger partial charge in [0.1, 0.15) is 0 Å². The van der Waals surface area contributed by atoms with Crippen LogP contribution < -0.4 is 5.56 Å². The molecule has 0 unspecified atom stereocenters. The van der Waals surface area contributed by atoms with Crippen molar-refractivity contribution >= 4 is 21.7 Å². The number of allylic oxidation sites excluding steroid dienone is 1. The predicted molar refractivity (Wildman–Crippen MR) is 89.8 cm³/mol. The molecule has 0 amide bonds. The van der Waals surface area contributed by atoms with Crippen LogP contribution in [0.3, 0.4) is 0 Å². The van der Waals surface area contributed by atoms with Gasteiger partial charge in [0.15, 0.2) is 0 Å². The van der Waals surface area contributed by atoms with E-state index >= 15 is 0 Å². The maximum Gasteiger partial charge on any atom is 0.258 e. The first kappa shape index (κ1) is 13.6. The summed E-state index contributed by atoms with van der Waals surface area (Å²) in [6, 6.07) is 16.0. The Morgan fingerprint density at radius 2 is 1.57 bits per heavy atom. The average molecular weight is 277 g/mol. The fourth-order valence-corrected chi connectivity index (χ4v) is 2.88. The highest BCUT2D eigenvalue weighted by molar-refractivity contribution is 6.05. The van der Waals surface area contributed by atoms with Gasteiger partial charge in [-0.1, -0.05) is 42.5 Å². The summed E-state index contributed by atoms with van der Waals surface area (Å²) in [4.78, 5) is 12.7. The molecule has 0 N–H and O–H groups in total. The number of aryl methyl sites for hydroxylation is 1. The minimum absolute atomic E-state index is 0.114. The van der Waals surface area contributed by atoms with Crippen LogP contribution in [-0.4, -0.2) is 4.57 Å². The smallest absolute Gasteiger partial charge is 0.258 e. The monoisotopic (exact) mass is 277 g/mol. The van der Waals surface area contributed by atoms with Gasteiger partial charge in [-0.2, -0.15) is 0 Å². The lowest BCUT2D eigenvalue weighted by Crippen LogP contribution is -2.21. The number of benzene rings is 2. The van der Waals surface area contributed by atoms with E-state index in [0.29, 0.717) is 0 Å². The molecule has 3 rings (SSSR count). The molecular weight excluding hydrogens is 258 g/mol. The van der Waals surface area contributed by atoms with Crippen LogP contribution >= 0.6 is 0 Å². The molecule has 2 nitrogen and oxygen atoms in total. The molecular formula is C19H19NO. The normalized spacial score (nSPS) is 11.0. The number of hydrogen-bond donors (Lipinski definition) is 0. The van der Waals surface area contributed by atoms with E-state index in [1.807, 2.05) is 53.1 Å². The summed E-state index contributed by atoms with van der Waals surface area (Å²) >= 11 is 0. The number of rotatable bonds is 5. The maximum absolute atomic E-state index is 12.7. The van der Waals surface area contributed by atoms with Crippen molar-refractivity contribution < 1.29 is 0 Å². The van der Waals surface area contributed by atoms with Crippen LogP contribution in [0, 0.1) is 0 Å². The average Bonchev–Trinajstić information content (AvgIpc) is 2.54. The standard InChI is InChI=1S/C19H19NO/c1-2-3-4-9-14-20-18-13-8-7-11-16(18)15-10-5-6-12-17(15)19(20)21/h2,5-8,10-13H,1,3-4,9,14H2. The number of fused-ring (bicyclic) bond motifs is 3. The first-order chi connectivity index (χ1) is 10.3. The Morgan fingerprint density at radius 3 is 2.33 bits per heavy atom. The largest absolute Gasteiger partial charge is 0.308 e. The molecule has 0 spiro atoms. The van der Waals surface area contributed by atoms with Crippen LogP contribution in [0.1, 0.15) is 19.3 Å². The van der Waals surface area contributed by atoms with Crippen molar-refractivity contribution in [2.75, 3.05) is 0 Å². The molecule has 0 bridgehead atoms. The molecule has 2 aromatic carbocycles. The fraction of sp³-hybridized carbons (Fsp3) is 0.211. The Morgan fingerprint density at radius 1 is 0.905 bits per heavy atom. The van der Waals surface area contributed by atoms with Crippen LogP contribution in [0.5, 0.6) is 0 Å².